The lowest BCUT2D eigenvalue weighted by molar-refractivity contribution is -0.137. The minimum Gasteiger partial charge on any atom is -0.335 e. The number of aromatic nitrogens is 3. The Labute approximate surface area is 151 Å². The van der Waals surface area contributed by atoms with Gasteiger partial charge in [0.1, 0.15) is 6.54 Å². The van der Waals surface area contributed by atoms with Crippen LogP contribution < -0.4 is 0 Å². The molecule has 7 nitrogen and oxygen atoms in total. The monoisotopic (exact) mass is 351 g/mol. The summed E-state index contributed by atoms with van der Waals surface area (Å²) in [6.45, 7) is 1.40. The van der Waals surface area contributed by atoms with Crippen LogP contribution >= 0.6 is 0 Å². The zero-order valence-electron chi connectivity index (χ0n) is 14.5. The summed E-state index contributed by atoms with van der Waals surface area (Å²) in [4.78, 5) is 30.9. The van der Waals surface area contributed by atoms with Crippen LogP contribution in [0.1, 0.15) is 34.3 Å². The third kappa shape index (κ3) is 2.50. The molecule has 0 radical (unpaired) electrons. The molecule has 2 unspecified atom stereocenters. The topological polar surface area (TPSA) is 71.3 Å². The maximum atomic E-state index is 12.9. The van der Waals surface area contributed by atoms with Crippen molar-refractivity contribution in [1.29, 1.82) is 0 Å². The number of carbonyl (C=O) groups excluding carboxylic acids is 2. The number of likely N-dealkylation sites (tertiary alicyclic amines) is 1. The summed E-state index contributed by atoms with van der Waals surface area (Å²) in [6, 6.07) is 6.28. The van der Waals surface area contributed by atoms with Crippen molar-refractivity contribution in [2.24, 2.45) is 0 Å². The van der Waals surface area contributed by atoms with E-state index >= 15 is 0 Å². The highest BCUT2D eigenvalue weighted by Crippen LogP contribution is 2.32. The van der Waals surface area contributed by atoms with Crippen LogP contribution in [0.3, 0.4) is 0 Å². The van der Waals surface area contributed by atoms with E-state index in [-0.39, 0.29) is 30.4 Å². The molecule has 0 saturated carbocycles. The molecule has 2 aromatic rings. The van der Waals surface area contributed by atoms with Crippen molar-refractivity contribution in [3.8, 4) is 0 Å². The zero-order valence-corrected chi connectivity index (χ0v) is 14.5. The van der Waals surface area contributed by atoms with Crippen LogP contribution in [0, 0.1) is 0 Å². The Bertz CT molecular complexity index is 849. The molecule has 0 N–H and O–H groups in total. The van der Waals surface area contributed by atoms with Gasteiger partial charge in [-0.2, -0.15) is 15.0 Å². The molecule has 1 aromatic heterocycles. The van der Waals surface area contributed by atoms with Crippen molar-refractivity contribution >= 4 is 11.8 Å². The minimum absolute atomic E-state index is 0.0434. The number of carbonyl (C=O) groups is 2. The molecule has 1 aliphatic carbocycles. The van der Waals surface area contributed by atoms with Gasteiger partial charge in [0.05, 0.1) is 12.4 Å². The Morgan fingerprint density at radius 3 is 2.31 bits per heavy atom. The predicted molar refractivity (Wildman–Crippen MR) is 93.4 cm³/mol. The van der Waals surface area contributed by atoms with Gasteiger partial charge in [-0.05, 0) is 48.9 Å². The third-order valence-corrected chi connectivity index (χ3v) is 5.92. The van der Waals surface area contributed by atoms with Gasteiger partial charge in [0.2, 0.25) is 5.91 Å². The summed E-state index contributed by atoms with van der Waals surface area (Å²) in [6.07, 6.45) is 7.26. The Morgan fingerprint density at radius 2 is 1.69 bits per heavy atom. The molecule has 3 heterocycles. The van der Waals surface area contributed by atoms with Crippen LogP contribution in [-0.2, 0) is 24.2 Å². The molecule has 2 fully saturated rings. The fourth-order valence-corrected chi connectivity index (χ4v) is 4.51. The van der Waals surface area contributed by atoms with Crippen LogP contribution in [0.5, 0.6) is 0 Å². The van der Waals surface area contributed by atoms with E-state index in [2.05, 4.69) is 16.3 Å². The number of rotatable bonds is 3. The SMILES string of the molecule is O=C(c1ccc2c(c1)CC2)N1CC2CCC(C1)N2C(=O)Cn1nccn1. The van der Waals surface area contributed by atoms with Crippen molar-refractivity contribution < 1.29 is 9.59 Å². The van der Waals surface area contributed by atoms with Crippen molar-refractivity contribution in [3.63, 3.8) is 0 Å². The second kappa shape index (κ2) is 5.93. The molecule has 7 heteroatoms. The van der Waals surface area contributed by atoms with E-state index in [1.165, 1.54) is 15.9 Å². The van der Waals surface area contributed by atoms with Gasteiger partial charge in [0, 0.05) is 30.7 Å². The van der Waals surface area contributed by atoms with Gasteiger partial charge in [-0.3, -0.25) is 9.59 Å². The Balaban J connectivity index is 1.29. The highest BCUT2D eigenvalue weighted by atomic mass is 16.2. The van der Waals surface area contributed by atoms with Gasteiger partial charge in [-0.15, -0.1) is 0 Å². The number of aryl methyl sites for hydroxylation is 2. The molecular weight excluding hydrogens is 330 g/mol. The third-order valence-electron chi connectivity index (χ3n) is 5.92. The standard InChI is InChI=1S/C19H21N5O2/c25-18(12-23-20-7-8-21-23)24-16-5-6-17(24)11-22(10-16)19(26)15-4-2-13-1-3-14(13)9-15/h2,4,7-9,16-17H,1,3,5-6,10-12H2. The Kier molecular flexibility index (Phi) is 3.55. The Morgan fingerprint density at radius 1 is 1.00 bits per heavy atom. The quantitative estimate of drug-likeness (QED) is 0.823. The fraction of sp³-hybridized carbons (Fsp3) is 0.474. The smallest absolute Gasteiger partial charge is 0.254 e. The molecule has 0 spiro atoms. The van der Waals surface area contributed by atoms with Crippen molar-refractivity contribution in [3.05, 3.63) is 47.3 Å². The maximum absolute atomic E-state index is 12.9. The van der Waals surface area contributed by atoms with Crippen LogP contribution in [0.25, 0.3) is 0 Å². The molecule has 26 heavy (non-hydrogen) atoms. The summed E-state index contributed by atoms with van der Waals surface area (Å²) in [5, 5.41) is 8.04. The first-order valence-electron chi connectivity index (χ1n) is 9.25. The molecule has 3 aliphatic rings. The molecule has 5 rings (SSSR count). The molecule has 134 valence electrons. The van der Waals surface area contributed by atoms with Crippen molar-refractivity contribution in [2.45, 2.75) is 44.3 Å². The zero-order chi connectivity index (χ0) is 17.7. The van der Waals surface area contributed by atoms with E-state index in [0.717, 1.165) is 31.2 Å². The largest absolute Gasteiger partial charge is 0.335 e. The normalized spacial score (nSPS) is 23.5. The fourth-order valence-electron chi connectivity index (χ4n) is 4.51. The average Bonchev–Trinajstić information content (AvgIpc) is 3.21. The molecule has 2 atom stereocenters. The van der Waals surface area contributed by atoms with E-state index in [0.29, 0.717) is 13.1 Å². The summed E-state index contributed by atoms with van der Waals surface area (Å²) < 4.78 is 0. The first-order valence-corrected chi connectivity index (χ1v) is 9.25. The highest BCUT2D eigenvalue weighted by Gasteiger charge is 2.43. The van der Waals surface area contributed by atoms with E-state index in [9.17, 15) is 9.59 Å². The summed E-state index contributed by atoms with van der Waals surface area (Å²) in [5.41, 5.74) is 3.45. The second-order valence-electron chi connectivity index (χ2n) is 7.44. The average molecular weight is 351 g/mol. The Hall–Kier alpha value is -2.70. The van der Waals surface area contributed by atoms with Gasteiger partial charge >= 0.3 is 0 Å². The van der Waals surface area contributed by atoms with E-state index < -0.39 is 0 Å². The van der Waals surface area contributed by atoms with Gasteiger partial charge in [-0.1, -0.05) is 6.07 Å². The van der Waals surface area contributed by atoms with Crippen molar-refractivity contribution in [1.82, 2.24) is 24.8 Å². The lowest BCUT2D eigenvalue weighted by Crippen LogP contribution is -2.57. The summed E-state index contributed by atoms with van der Waals surface area (Å²) in [5.74, 6) is 0.138. The molecule has 2 aliphatic heterocycles. The first kappa shape index (κ1) is 15.5. The second-order valence-corrected chi connectivity index (χ2v) is 7.44. The molecule has 2 amide bonds. The number of amides is 2. The lowest BCUT2D eigenvalue weighted by atomic mass is 9.87. The summed E-state index contributed by atoms with van der Waals surface area (Å²) >= 11 is 0. The molecular formula is C19H21N5O2. The number of fused-ring (bicyclic) bond motifs is 3. The van der Waals surface area contributed by atoms with E-state index in [1.807, 2.05) is 21.9 Å². The predicted octanol–water partition coefficient (Wildman–Crippen LogP) is 0.892. The van der Waals surface area contributed by atoms with Crippen LogP contribution in [-0.4, -0.2) is 61.8 Å². The lowest BCUT2D eigenvalue weighted by Gasteiger charge is -2.41. The number of nitrogens with zero attached hydrogens (tertiary/aromatic N) is 5. The van der Waals surface area contributed by atoms with E-state index in [1.54, 1.807) is 12.4 Å². The van der Waals surface area contributed by atoms with Gasteiger partial charge in [0.15, 0.2) is 0 Å². The highest BCUT2D eigenvalue weighted by molar-refractivity contribution is 5.95. The number of hydrogen-bond acceptors (Lipinski definition) is 4. The minimum atomic E-state index is 0.0434. The van der Waals surface area contributed by atoms with E-state index in [4.69, 9.17) is 0 Å². The first-order chi connectivity index (χ1) is 12.7. The van der Waals surface area contributed by atoms with Gasteiger partial charge < -0.3 is 9.80 Å². The number of benzene rings is 1. The number of hydrogen-bond donors (Lipinski definition) is 0. The van der Waals surface area contributed by atoms with Crippen molar-refractivity contribution in [2.75, 3.05) is 13.1 Å². The molecule has 1 aromatic carbocycles. The summed E-state index contributed by atoms with van der Waals surface area (Å²) in [7, 11) is 0. The van der Waals surface area contributed by atoms with Crippen LogP contribution in [0.4, 0.5) is 0 Å². The van der Waals surface area contributed by atoms with Crippen LogP contribution in [0.15, 0.2) is 30.6 Å². The maximum Gasteiger partial charge on any atom is 0.254 e. The number of piperazine rings is 1. The molecule has 2 bridgehead atoms. The van der Waals surface area contributed by atoms with Gasteiger partial charge in [-0.25, -0.2) is 0 Å². The molecule has 2 saturated heterocycles. The van der Waals surface area contributed by atoms with Crippen LogP contribution in [0.2, 0.25) is 0 Å². The van der Waals surface area contributed by atoms with Gasteiger partial charge in [0.25, 0.3) is 5.91 Å².